The lowest BCUT2D eigenvalue weighted by Gasteiger charge is -2.36. The van der Waals surface area contributed by atoms with E-state index in [-0.39, 0.29) is 10.8 Å². The average Bonchev–Trinajstić information content (AvgIpc) is 2.82. The highest BCUT2D eigenvalue weighted by Gasteiger charge is 2.31. The summed E-state index contributed by atoms with van der Waals surface area (Å²) in [7, 11) is 0. The first-order valence-corrected chi connectivity index (χ1v) is 12.5. The molecule has 4 N–H and O–H groups in total. The number of nitrogen functional groups attached to an aromatic ring is 2. The summed E-state index contributed by atoms with van der Waals surface area (Å²) in [5.74, 6) is 0. The van der Waals surface area contributed by atoms with Gasteiger partial charge in [-0.2, -0.15) is 0 Å². The van der Waals surface area contributed by atoms with Crippen LogP contribution in [0.25, 0.3) is 0 Å². The molecule has 0 aliphatic carbocycles. The van der Waals surface area contributed by atoms with E-state index in [1.54, 1.807) is 0 Å². The number of nitrogens with two attached hydrogens (primary N) is 2. The van der Waals surface area contributed by atoms with Crippen molar-refractivity contribution < 1.29 is 0 Å². The Kier molecular flexibility index (Phi) is 7.03. The minimum atomic E-state index is 0.0614. The van der Waals surface area contributed by atoms with Crippen molar-refractivity contribution in [2.24, 2.45) is 0 Å². The van der Waals surface area contributed by atoms with E-state index < -0.39 is 0 Å². The predicted octanol–water partition coefficient (Wildman–Crippen LogP) is 7.68. The van der Waals surface area contributed by atoms with Crippen LogP contribution >= 0.6 is 0 Å². The molecule has 0 saturated carbocycles. The molecule has 0 atom stereocenters. The van der Waals surface area contributed by atoms with E-state index in [0.29, 0.717) is 0 Å². The van der Waals surface area contributed by atoms with Crippen LogP contribution in [0.15, 0.2) is 97.1 Å². The molecule has 4 aromatic carbocycles. The third-order valence-corrected chi connectivity index (χ3v) is 7.13. The van der Waals surface area contributed by atoms with Crippen molar-refractivity contribution >= 4 is 11.4 Å². The minimum absolute atomic E-state index is 0.0614. The quantitative estimate of drug-likeness (QED) is 0.264. The molecule has 4 aromatic rings. The maximum atomic E-state index is 5.82. The second-order valence-electron chi connectivity index (χ2n) is 11.2. The molecule has 2 heteroatoms. The molecule has 0 aliphatic heterocycles. The van der Waals surface area contributed by atoms with Gasteiger partial charge in [-0.15, -0.1) is 0 Å². The van der Waals surface area contributed by atoms with E-state index in [2.05, 4.69) is 100 Å². The van der Waals surface area contributed by atoms with E-state index >= 15 is 0 Å². The summed E-state index contributed by atoms with van der Waals surface area (Å²) >= 11 is 0. The van der Waals surface area contributed by atoms with Crippen LogP contribution < -0.4 is 11.5 Å². The van der Waals surface area contributed by atoms with E-state index in [4.69, 9.17) is 11.5 Å². The fourth-order valence-corrected chi connectivity index (χ4v) is 5.20. The van der Waals surface area contributed by atoms with Crippen LogP contribution in [0.1, 0.15) is 67.5 Å². The summed E-state index contributed by atoms with van der Waals surface area (Å²) in [5, 5.41) is 0. The topological polar surface area (TPSA) is 52.0 Å². The summed E-state index contributed by atoms with van der Waals surface area (Å²) in [6.45, 7) is 9.44. The second-order valence-corrected chi connectivity index (χ2v) is 11.2. The zero-order valence-corrected chi connectivity index (χ0v) is 21.5. The first-order valence-electron chi connectivity index (χ1n) is 12.5. The number of hydrogen-bond donors (Lipinski definition) is 2. The first kappa shape index (κ1) is 24.6. The molecule has 0 spiro atoms. The van der Waals surface area contributed by atoms with E-state index in [0.717, 1.165) is 30.6 Å². The fourth-order valence-electron chi connectivity index (χ4n) is 5.20. The van der Waals surface area contributed by atoms with Gasteiger partial charge in [0, 0.05) is 11.4 Å². The van der Waals surface area contributed by atoms with Crippen LogP contribution in [0, 0.1) is 0 Å². The molecule has 0 bridgehead atoms. The molecular formula is C33H38N2. The molecule has 180 valence electrons. The molecule has 0 radical (unpaired) electrons. The van der Waals surface area contributed by atoms with Gasteiger partial charge in [-0.1, -0.05) is 100 Å². The van der Waals surface area contributed by atoms with Crippen LogP contribution in [0.4, 0.5) is 11.4 Å². The minimum Gasteiger partial charge on any atom is -0.399 e. The van der Waals surface area contributed by atoms with Gasteiger partial charge in [-0.05, 0) is 87.7 Å². The summed E-state index contributed by atoms with van der Waals surface area (Å²) < 4.78 is 0. The molecule has 0 unspecified atom stereocenters. The van der Waals surface area contributed by atoms with Crippen molar-refractivity contribution in [3.8, 4) is 0 Å². The Balaban J connectivity index is 1.42. The molecule has 35 heavy (non-hydrogen) atoms. The highest BCUT2D eigenvalue weighted by Crippen LogP contribution is 2.39. The van der Waals surface area contributed by atoms with E-state index in [9.17, 15) is 0 Å². The van der Waals surface area contributed by atoms with Gasteiger partial charge in [0.1, 0.15) is 0 Å². The van der Waals surface area contributed by atoms with E-state index in [1.165, 1.54) is 33.4 Å². The van der Waals surface area contributed by atoms with Crippen LogP contribution in [0.2, 0.25) is 0 Å². The monoisotopic (exact) mass is 462 g/mol. The lowest BCUT2D eigenvalue weighted by Crippen LogP contribution is -2.29. The van der Waals surface area contributed by atoms with Gasteiger partial charge < -0.3 is 11.5 Å². The molecule has 0 aliphatic rings. The number of benzene rings is 4. The molecule has 4 rings (SSSR count). The lowest BCUT2D eigenvalue weighted by atomic mass is 9.68. The predicted molar refractivity (Wildman–Crippen MR) is 151 cm³/mol. The smallest absolute Gasteiger partial charge is 0.0314 e. The zero-order chi connectivity index (χ0) is 25.1. The number of rotatable bonds is 8. The third kappa shape index (κ3) is 6.33. The van der Waals surface area contributed by atoms with Crippen LogP contribution in [0.5, 0.6) is 0 Å². The Morgan fingerprint density at radius 2 is 0.686 bits per heavy atom. The van der Waals surface area contributed by atoms with Crippen molar-refractivity contribution in [2.75, 3.05) is 11.5 Å². The van der Waals surface area contributed by atoms with Gasteiger partial charge in [0.25, 0.3) is 0 Å². The molecule has 2 nitrogen and oxygen atoms in total. The van der Waals surface area contributed by atoms with Gasteiger partial charge in [-0.3, -0.25) is 0 Å². The van der Waals surface area contributed by atoms with Gasteiger partial charge in [0.15, 0.2) is 0 Å². The lowest BCUT2D eigenvalue weighted by molar-refractivity contribution is 0.349. The van der Waals surface area contributed by atoms with Crippen LogP contribution in [0.3, 0.4) is 0 Å². The van der Waals surface area contributed by atoms with Gasteiger partial charge in [0.2, 0.25) is 0 Å². The van der Waals surface area contributed by atoms with Crippen LogP contribution in [-0.2, 0) is 23.7 Å². The van der Waals surface area contributed by atoms with Crippen LogP contribution in [-0.4, -0.2) is 0 Å². The van der Waals surface area contributed by atoms with Crippen molar-refractivity contribution in [3.63, 3.8) is 0 Å². The Morgan fingerprint density at radius 3 is 0.971 bits per heavy atom. The van der Waals surface area contributed by atoms with Crippen molar-refractivity contribution in [1.82, 2.24) is 0 Å². The SMILES string of the molecule is CC(C)(CC(C)(C)c1ccc(Cc2ccc(N)cc2)cc1)c1ccc(Cc2ccc(N)cc2)cc1. The first-order chi connectivity index (χ1) is 16.6. The summed E-state index contributed by atoms with van der Waals surface area (Å²) in [6.07, 6.45) is 2.92. The standard InChI is InChI=1S/C33H38N2/c1-32(2,28-13-5-24(6-14-28)21-26-9-17-30(34)18-10-26)23-33(3,4)29-15-7-25(8-16-29)22-27-11-19-31(35)20-12-27/h5-20H,21-23,34-35H2,1-4H3. The van der Waals surface area contributed by atoms with Crippen molar-refractivity contribution in [1.29, 1.82) is 0 Å². The van der Waals surface area contributed by atoms with Crippen molar-refractivity contribution in [3.05, 3.63) is 130 Å². The normalized spacial score (nSPS) is 12.0. The third-order valence-electron chi connectivity index (χ3n) is 7.13. The second kappa shape index (κ2) is 10.00. The maximum absolute atomic E-state index is 5.82. The van der Waals surface area contributed by atoms with E-state index in [1.807, 2.05) is 24.3 Å². The molecule has 0 amide bonds. The Morgan fingerprint density at radius 1 is 0.429 bits per heavy atom. The Hall–Kier alpha value is -3.52. The largest absolute Gasteiger partial charge is 0.399 e. The molecule has 0 saturated heterocycles. The maximum Gasteiger partial charge on any atom is 0.0314 e. The number of hydrogen-bond acceptors (Lipinski definition) is 2. The van der Waals surface area contributed by atoms with Gasteiger partial charge >= 0.3 is 0 Å². The molecule has 0 aromatic heterocycles. The zero-order valence-electron chi connectivity index (χ0n) is 21.5. The molecular weight excluding hydrogens is 424 g/mol. The molecule has 0 heterocycles. The summed E-state index contributed by atoms with van der Waals surface area (Å²) in [5.41, 5.74) is 21.4. The van der Waals surface area contributed by atoms with Gasteiger partial charge in [-0.25, -0.2) is 0 Å². The highest BCUT2D eigenvalue weighted by atomic mass is 14.5. The Bertz CT molecular complexity index is 1130. The van der Waals surface area contributed by atoms with Crippen molar-refractivity contribution in [2.45, 2.75) is 57.8 Å². The fraction of sp³-hybridized carbons (Fsp3) is 0.273. The summed E-state index contributed by atoms with van der Waals surface area (Å²) in [4.78, 5) is 0. The summed E-state index contributed by atoms with van der Waals surface area (Å²) in [6, 6.07) is 34.6. The highest BCUT2D eigenvalue weighted by molar-refractivity contribution is 5.42. The number of anilines is 2. The average molecular weight is 463 g/mol. The van der Waals surface area contributed by atoms with Gasteiger partial charge in [0.05, 0.1) is 0 Å². The Labute approximate surface area is 211 Å². The molecule has 0 fully saturated rings.